The molecule has 0 aliphatic carbocycles. The maximum absolute atomic E-state index is 9.21. The quantitative estimate of drug-likeness (QED) is 0.913. The monoisotopic (exact) mass is 254 g/mol. The highest BCUT2D eigenvalue weighted by Gasteiger charge is 2.15. The molecule has 0 radical (unpaired) electrons. The number of nitrogens with zero attached hydrogens (tertiary/aromatic N) is 2. The summed E-state index contributed by atoms with van der Waals surface area (Å²) in [7, 11) is 0. The van der Waals surface area contributed by atoms with Crippen molar-refractivity contribution in [2.75, 3.05) is 13.1 Å². The van der Waals surface area contributed by atoms with Crippen LogP contribution in [0.4, 0.5) is 0 Å². The van der Waals surface area contributed by atoms with E-state index in [4.69, 9.17) is 0 Å². The molecule has 1 aromatic carbocycles. The third-order valence-electron chi connectivity index (χ3n) is 3.70. The van der Waals surface area contributed by atoms with Gasteiger partial charge in [0.05, 0.1) is 6.20 Å². The van der Waals surface area contributed by atoms with Crippen LogP contribution in [0.25, 0.3) is 0 Å². The van der Waals surface area contributed by atoms with Crippen LogP contribution in [-0.2, 0) is 19.4 Å². The zero-order valence-electron chi connectivity index (χ0n) is 10.9. The zero-order chi connectivity index (χ0) is 13.1. The van der Waals surface area contributed by atoms with Crippen molar-refractivity contribution in [2.45, 2.75) is 19.4 Å². The van der Waals surface area contributed by atoms with Crippen molar-refractivity contribution < 1.29 is 5.11 Å². The van der Waals surface area contributed by atoms with E-state index in [-0.39, 0.29) is 5.75 Å². The average molecular weight is 254 g/mol. The molecular weight excluding hydrogens is 236 g/mol. The predicted octanol–water partition coefficient (Wildman–Crippen LogP) is 2.39. The summed E-state index contributed by atoms with van der Waals surface area (Å²) >= 11 is 0. The van der Waals surface area contributed by atoms with Crippen LogP contribution in [0.5, 0.6) is 5.75 Å². The lowest BCUT2D eigenvalue weighted by molar-refractivity contribution is 0.256. The van der Waals surface area contributed by atoms with Gasteiger partial charge < -0.3 is 5.11 Å². The maximum atomic E-state index is 9.21. The van der Waals surface area contributed by atoms with Crippen molar-refractivity contribution in [1.82, 2.24) is 9.88 Å². The second kappa shape index (κ2) is 5.41. The molecule has 0 fully saturated rings. The minimum atomic E-state index is 0.232. The molecule has 0 saturated carbocycles. The summed E-state index contributed by atoms with van der Waals surface area (Å²) in [4.78, 5) is 6.70. The Kier molecular flexibility index (Phi) is 3.47. The fraction of sp³-hybridized carbons (Fsp3) is 0.312. The lowest BCUT2D eigenvalue weighted by Crippen LogP contribution is -2.32. The number of aromatic nitrogens is 1. The molecule has 98 valence electrons. The number of hydrogen-bond acceptors (Lipinski definition) is 3. The SMILES string of the molecule is Oc1ccc(CCN2CCc3ccccc3C2)nc1. The van der Waals surface area contributed by atoms with Crippen molar-refractivity contribution in [1.29, 1.82) is 0 Å². The first-order chi connectivity index (χ1) is 9.31. The average Bonchev–Trinajstić information content (AvgIpc) is 2.46. The smallest absolute Gasteiger partial charge is 0.133 e. The van der Waals surface area contributed by atoms with Crippen molar-refractivity contribution in [3.8, 4) is 5.75 Å². The van der Waals surface area contributed by atoms with Crippen LogP contribution in [0.2, 0.25) is 0 Å². The topological polar surface area (TPSA) is 36.4 Å². The molecule has 1 aliphatic heterocycles. The summed E-state index contributed by atoms with van der Waals surface area (Å²) in [6, 6.07) is 12.3. The summed E-state index contributed by atoms with van der Waals surface area (Å²) in [5.41, 5.74) is 3.98. The molecular formula is C16H18N2O. The zero-order valence-corrected chi connectivity index (χ0v) is 10.9. The van der Waals surface area contributed by atoms with Crippen molar-refractivity contribution in [3.05, 3.63) is 59.4 Å². The molecule has 1 aromatic heterocycles. The van der Waals surface area contributed by atoms with E-state index in [1.54, 1.807) is 6.07 Å². The maximum Gasteiger partial charge on any atom is 0.133 e. The van der Waals surface area contributed by atoms with E-state index in [1.807, 2.05) is 6.07 Å². The van der Waals surface area contributed by atoms with Crippen LogP contribution >= 0.6 is 0 Å². The molecule has 3 nitrogen and oxygen atoms in total. The van der Waals surface area contributed by atoms with Crippen LogP contribution < -0.4 is 0 Å². The van der Waals surface area contributed by atoms with Crippen LogP contribution in [0, 0.1) is 0 Å². The number of benzene rings is 1. The molecule has 3 heteroatoms. The van der Waals surface area contributed by atoms with E-state index in [0.29, 0.717) is 0 Å². The van der Waals surface area contributed by atoms with E-state index in [0.717, 1.165) is 38.2 Å². The van der Waals surface area contributed by atoms with Crippen LogP contribution in [0.1, 0.15) is 16.8 Å². The minimum Gasteiger partial charge on any atom is -0.506 e. The molecule has 1 aliphatic rings. The Balaban J connectivity index is 1.59. The van der Waals surface area contributed by atoms with Gasteiger partial charge in [0.25, 0.3) is 0 Å². The van der Waals surface area contributed by atoms with E-state index in [2.05, 4.69) is 34.1 Å². The van der Waals surface area contributed by atoms with E-state index >= 15 is 0 Å². The van der Waals surface area contributed by atoms with Crippen molar-refractivity contribution >= 4 is 0 Å². The summed E-state index contributed by atoms with van der Waals surface area (Å²) < 4.78 is 0. The van der Waals surface area contributed by atoms with Crippen molar-refractivity contribution in [2.24, 2.45) is 0 Å². The molecule has 2 aromatic rings. The second-order valence-corrected chi connectivity index (χ2v) is 5.05. The number of fused-ring (bicyclic) bond motifs is 1. The fourth-order valence-corrected chi connectivity index (χ4v) is 2.58. The number of aromatic hydroxyl groups is 1. The Labute approximate surface area is 113 Å². The highest BCUT2D eigenvalue weighted by atomic mass is 16.3. The molecule has 0 amide bonds. The van der Waals surface area contributed by atoms with Gasteiger partial charge >= 0.3 is 0 Å². The van der Waals surface area contributed by atoms with Gasteiger partial charge in [-0.2, -0.15) is 0 Å². The third kappa shape index (κ3) is 2.93. The van der Waals surface area contributed by atoms with Gasteiger partial charge in [-0.15, -0.1) is 0 Å². The van der Waals surface area contributed by atoms with Crippen LogP contribution in [-0.4, -0.2) is 28.1 Å². The Morgan fingerprint density at radius 2 is 1.95 bits per heavy atom. The Morgan fingerprint density at radius 3 is 2.74 bits per heavy atom. The molecule has 3 rings (SSSR count). The van der Waals surface area contributed by atoms with Gasteiger partial charge in [-0.3, -0.25) is 9.88 Å². The summed E-state index contributed by atoms with van der Waals surface area (Å²) in [6.45, 7) is 3.18. The lowest BCUT2D eigenvalue weighted by atomic mass is 10.00. The van der Waals surface area contributed by atoms with Gasteiger partial charge in [0, 0.05) is 31.7 Å². The van der Waals surface area contributed by atoms with E-state index < -0.39 is 0 Å². The molecule has 1 N–H and O–H groups in total. The molecule has 0 spiro atoms. The van der Waals surface area contributed by atoms with Gasteiger partial charge in [0.2, 0.25) is 0 Å². The first-order valence-corrected chi connectivity index (χ1v) is 6.74. The standard InChI is InChI=1S/C16H18N2O/c19-16-6-5-15(17-11-16)8-10-18-9-7-13-3-1-2-4-14(13)12-18/h1-6,11,19H,7-10,12H2. The van der Waals surface area contributed by atoms with Gasteiger partial charge in [-0.25, -0.2) is 0 Å². The van der Waals surface area contributed by atoms with Crippen LogP contribution in [0.15, 0.2) is 42.6 Å². The summed E-state index contributed by atoms with van der Waals surface area (Å²) in [5.74, 6) is 0.232. The third-order valence-corrected chi connectivity index (χ3v) is 3.70. The Bertz CT molecular complexity index is 551. The lowest BCUT2D eigenvalue weighted by Gasteiger charge is -2.28. The number of hydrogen-bond donors (Lipinski definition) is 1. The molecule has 0 bridgehead atoms. The minimum absolute atomic E-state index is 0.232. The van der Waals surface area contributed by atoms with Crippen molar-refractivity contribution in [3.63, 3.8) is 0 Å². The Hall–Kier alpha value is -1.87. The number of rotatable bonds is 3. The molecule has 2 heterocycles. The highest BCUT2D eigenvalue weighted by molar-refractivity contribution is 5.29. The molecule has 0 unspecified atom stereocenters. The predicted molar refractivity (Wildman–Crippen MR) is 75.0 cm³/mol. The largest absolute Gasteiger partial charge is 0.506 e. The summed E-state index contributed by atoms with van der Waals surface area (Å²) in [6.07, 6.45) is 3.59. The molecule has 0 atom stereocenters. The Morgan fingerprint density at radius 1 is 1.11 bits per heavy atom. The molecule has 0 saturated heterocycles. The highest BCUT2D eigenvalue weighted by Crippen LogP contribution is 2.18. The van der Waals surface area contributed by atoms with Gasteiger partial charge in [-0.05, 0) is 29.7 Å². The second-order valence-electron chi connectivity index (χ2n) is 5.05. The molecule has 19 heavy (non-hydrogen) atoms. The van der Waals surface area contributed by atoms with Gasteiger partial charge in [0.15, 0.2) is 0 Å². The van der Waals surface area contributed by atoms with E-state index in [1.165, 1.54) is 17.3 Å². The first-order valence-electron chi connectivity index (χ1n) is 6.74. The normalized spacial score (nSPS) is 15.2. The fourth-order valence-electron chi connectivity index (χ4n) is 2.58. The first kappa shape index (κ1) is 12.2. The number of pyridine rings is 1. The van der Waals surface area contributed by atoms with E-state index in [9.17, 15) is 5.11 Å². The summed E-state index contributed by atoms with van der Waals surface area (Å²) in [5, 5.41) is 9.21. The van der Waals surface area contributed by atoms with Crippen LogP contribution in [0.3, 0.4) is 0 Å². The van der Waals surface area contributed by atoms with Gasteiger partial charge in [0.1, 0.15) is 5.75 Å². The van der Waals surface area contributed by atoms with Gasteiger partial charge in [-0.1, -0.05) is 24.3 Å².